The fraction of sp³-hybridized carbons (Fsp3) is 0.333. The Morgan fingerprint density at radius 1 is 0.944 bits per heavy atom. The summed E-state index contributed by atoms with van der Waals surface area (Å²) >= 11 is 3.47. The van der Waals surface area contributed by atoms with Gasteiger partial charge in [0.25, 0.3) is 5.91 Å². The molecule has 0 fully saturated rings. The van der Waals surface area contributed by atoms with Crippen molar-refractivity contribution in [3.63, 3.8) is 0 Å². The topological polar surface area (TPSA) is 58.6 Å². The zero-order valence-electron chi connectivity index (χ0n) is 21.3. The average Bonchev–Trinajstić information content (AvgIpc) is 2.86. The Bertz CT molecular complexity index is 1110. The fourth-order valence-corrected chi connectivity index (χ4v) is 4.36. The lowest BCUT2D eigenvalue weighted by Crippen LogP contribution is -2.51. The van der Waals surface area contributed by atoms with Crippen molar-refractivity contribution in [1.82, 2.24) is 10.2 Å². The molecule has 0 radical (unpaired) electrons. The molecule has 0 saturated carbocycles. The molecule has 0 spiro atoms. The first-order valence-corrected chi connectivity index (χ1v) is 13.2. The van der Waals surface area contributed by atoms with Gasteiger partial charge in [0, 0.05) is 24.0 Å². The number of amides is 2. The summed E-state index contributed by atoms with van der Waals surface area (Å²) in [5.74, 6) is 0.268. The zero-order valence-corrected chi connectivity index (χ0v) is 22.9. The molecule has 2 amide bonds. The normalized spacial score (nSPS) is 11.6. The molecule has 0 saturated heterocycles. The predicted molar refractivity (Wildman–Crippen MR) is 148 cm³/mol. The molecule has 190 valence electrons. The van der Waals surface area contributed by atoms with E-state index in [-0.39, 0.29) is 18.4 Å². The second kappa shape index (κ2) is 13.8. The molecule has 3 rings (SSSR count). The van der Waals surface area contributed by atoms with Crippen molar-refractivity contribution in [1.29, 1.82) is 0 Å². The summed E-state index contributed by atoms with van der Waals surface area (Å²) in [5.41, 5.74) is 4.08. The number of ether oxygens (including phenoxy) is 1. The van der Waals surface area contributed by atoms with Crippen LogP contribution in [0.4, 0.5) is 0 Å². The lowest BCUT2D eigenvalue weighted by atomic mass is 10.0. The second-order valence-corrected chi connectivity index (χ2v) is 10.0. The van der Waals surface area contributed by atoms with Gasteiger partial charge in [0.2, 0.25) is 5.91 Å². The van der Waals surface area contributed by atoms with Crippen molar-refractivity contribution in [2.24, 2.45) is 0 Å². The Hall–Kier alpha value is -3.12. The van der Waals surface area contributed by atoms with Crippen LogP contribution in [0, 0.1) is 13.8 Å². The number of rotatable bonds is 12. The number of nitrogens with one attached hydrogen (secondary N) is 1. The van der Waals surface area contributed by atoms with E-state index in [4.69, 9.17) is 4.74 Å². The number of benzene rings is 3. The maximum Gasteiger partial charge on any atom is 0.261 e. The number of carbonyl (C=O) groups is 2. The van der Waals surface area contributed by atoms with Crippen molar-refractivity contribution in [3.05, 3.63) is 99.5 Å². The van der Waals surface area contributed by atoms with E-state index in [0.29, 0.717) is 25.3 Å². The van der Waals surface area contributed by atoms with E-state index in [1.54, 1.807) is 4.90 Å². The summed E-state index contributed by atoms with van der Waals surface area (Å²) in [7, 11) is 0. The average molecular weight is 552 g/mol. The summed E-state index contributed by atoms with van der Waals surface area (Å²) in [6.45, 7) is 6.82. The number of nitrogens with zero attached hydrogens (tertiary/aromatic N) is 1. The monoisotopic (exact) mass is 550 g/mol. The van der Waals surface area contributed by atoms with E-state index in [1.165, 1.54) is 0 Å². The highest BCUT2D eigenvalue weighted by atomic mass is 79.9. The molecule has 0 heterocycles. The molecular formula is C30H35BrN2O3. The minimum absolute atomic E-state index is 0.146. The van der Waals surface area contributed by atoms with Gasteiger partial charge >= 0.3 is 0 Å². The number of carbonyl (C=O) groups excluding carboxylic acids is 2. The van der Waals surface area contributed by atoms with Crippen LogP contribution in [-0.2, 0) is 22.6 Å². The van der Waals surface area contributed by atoms with Gasteiger partial charge in [-0.25, -0.2) is 0 Å². The fourth-order valence-electron chi connectivity index (χ4n) is 4.09. The van der Waals surface area contributed by atoms with Crippen LogP contribution >= 0.6 is 15.9 Å². The smallest absolute Gasteiger partial charge is 0.261 e. The molecule has 6 heteroatoms. The van der Waals surface area contributed by atoms with Crippen LogP contribution in [0.25, 0.3) is 0 Å². The lowest BCUT2D eigenvalue weighted by Gasteiger charge is -2.31. The van der Waals surface area contributed by atoms with Crippen molar-refractivity contribution in [2.75, 3.05) is 13.2 Å². The maximum absolute atomic E-state index is 13.6. The molecule has 0 aliphatic rings. The molecule has 0 unspecified atom stereocenters. The van der Waals surface area contributed by atoms with Gasteiger partial charge < -0.3 is 15.0 Å². The molecule has 1 N–H and O–H groups in total. The van der Waals surface area contributed by atoms with Gasteiger partial charge in [-0.05, 0) is 66.8 Å². The summed E-state index contributed by atoms with van der Waals surface area (Å²) in [6.07, 6.45) is 2.29. The number of hydrogen-bond donors (Lipinski definition) is 1. The van der Waals surface area contributed by atoms with E-state index < -0.39 is 6.04 Å². The molecule has 0 aromatic heterocycles. The second-order valence-electron chi connectivity index (χ2n) is 9.11. The number of unbranched alkanes of at least 4 members (excludes halogenated alkanes) is 1. The summed E-state index contributed by atoms with van der Waals surface area (Å²) < 4.78 is 6.87. The standard InChI is InChI=1S/C30H35BrN2O3/c1-4-5-15-32-30(35)28(19-24-9-7-6-8-10-24)33(20-25-11-13-26(31)14-12-25)29(34)21-36-27-17-22(2)16-23(3)18-27/h6-14,16-18,28H,4-5,15,19-21H2,1-3H3,(H,32,35)/t28-/m1/s1. The molecule has 1 atom stereocenters. The van der Waals surface area contributed by atoms with E-state index >= 15 is 0 Å². The van der Waals surface area contributed by atoms with Crippen molar-refractivity contribution in [3.8, 4) is 5.75 Å². The minimum atomic E-state index is -0.664. The Morgan fingerprint density at radius 3 is 2.25 bits per heavy atom. The predicted octanol–water partition coefficient (Wildman–Crippen LogP) is 6.00. The van der Waals surface area contributed by atoms with Crippen LogP contribution in [0.2, 0.25) is 0 Å². The third-order valence-corrected chi connectivity index (χ3v) is 6.45. The van der Waals surface area contributed by atoms with Gasteiger partial charge in [0.05, 0.1) is 0 Å². The lowest BCUT2D eigenvalue weighted by molar-refractivity contribution is -0.142. The molecule has 0 aliphatic carbocycles. The minimum Gasteiger partial charge on any atom is -0.484 e. The van der Waals surface area contributed by atoms with Crippen LogP contribution < -0.4 is 10.1 Å². The molecule has 3 aromatic carbocycles. The highest BCUT2D eigenvalue weighted by Gasteiger charge is 2.30. The number of halogens is 1. The molecule has 3 aromatic rings. The van der Waals surface area contributed by atoms with Gasteiger partial charge in [-0.15, -0.1) is 0 Å². The van der Waals surface area contributed by atoms with Crippen LogP contribution in [0.3, 0.4) is 0 Å². The molecule has 5 nitrogen and oxygen atoms in total. The highest BCUT2D eigenvalue weighted by molar-refractivity contribution is 9.10. The molecule has 0 bridgehead atoms. The van der Waals surface area contributed by atoms with Gasteiger partial charge in [-0.2, -0.15) is 0 Å². The van der Waals surface area contributed by atoms with Gasteiger partial charge in [0.15, 0.2) is 6.61 Å². The highest BCUT2D eigenvalue weighted by Crippen LogP contribution is 2.19. The SMILES string of the molecule is CCCCNC(=O)[C@@H](Cc1ccccc1)N(Cc1ccc(Br)cc1)C(=O)COc1cc(C)cc(C)c1. The first-order chi connectivity index (χ1) is 17.4. The van der Waals surface area contributed by atoms with Crippen LogP contribution in [-0.4, -0.2) is 35.9 Å². The first kappa shape index (κ1) is 27.5. The molecule has 36 heavy (non-hydrogen) atoms. The summed E-state index contributed by atoms with van der Waals surface area (Å²) in [5, 5.41) is 3.04. The maximum atomic E-state index is 13.6. The van der Waals surface area contributed by atoms with Gasteiger partial charge in [0.1, 0.15) is 11.8 Å². The van der Waals surface area contributed by atoms with Crippen molar-refractivity contribution < 1.29 is 14.3 Å². The third-order valence-electron chi connectivity index (χ3n) is 5.92. The van der Waals surface area contributed by atoms with Crippen LogP contribution in [0.15, 0.2) is 77.3 Å². The van der Waals surface area contributed by atoms with Crippen molar-refractivity contribution in [2.45, 2.75) is 52.6 Å². The number of hydrogen-bond acceptors (Lipinski definition) is 3. The Labute approximate surface area is 223 Å². The quantitative estimate of drug-likeness (QED) is 0.281. The van der Waals surface area contributed by atoms with Gasteiger partial charge in [-0.1, -0.05) is 77.8 Å². The third kappa shape index (κ3) is 8.52. The van der Waals surface area contributed by atoms with Crippen molar-refractivity contribution >= 4 is 27.7 Å². The molecule has 0 aliphatic heterocycles. The Kier molecular flexibility index (Phi) is 10.6. The van der Waals surface area contributed by atoms with E-state index in [1.807, 2.05) is 80.6 Å². The summed E-state index contributed by atoms with van der Waals surface area (Å²) in [6, 6.07) is 22.9. The first-order valence-electron chi connectivity index (χ1n) is 12.4. The van der Waals surface area contributed by atoms with Crippen LogP contribution in [0.5, 0.6) is 5.75 Å². The van der Waals surface area contributed by atoms with E-state index in [9.17, 15) is 9.59 Å². The Morgan fingerprint density at radius 2 is 1.61 bits per heavy atom. The largest absolute Gasteiger partial charge is 0.484 e. The number of aryl methyl sites for hydroxylation is 2. The van der Waals surface area contributed by atoms with Crippen LogP contribution in [0.1, 0.15) is 42.0 Å². The Balaban J connectivity index is 1.88. The zero-order chi connectivity index (χ0) is 25.9. The van der Waals surface area contributed by atoms with E-state index in [0.717, 1.165) is 39.6 Å². The van der Waals surface area contributed by atoms with Gasteiger partial charge in [-0.3, -0.25) is 9.59 Å². The summed E-state index contributed by atoms with van der Waals surface area (Å²) in [4.78, 5) is 28.7. The van der Waals surface area contributed by atoms with E-state index in [2.05, 4.69) is 34.2 Å². The molecular weight excluding hydrogens is 516 g/mol.